The zero-order valence-electron chi connectivity index (χ0n) is 23.1. The molecule has 3 unspecified atom stereocenters. The van der Waals surface area contributed by atoms with E-state index < -0.39 is 64.4 Å². The molecule has 1 N–H and O–H groups in total. The van der Waals surface area contributed by atoms with Crippen molar-refractivity contribution in [3.05, 3.63) is 99.5 Å². The predicted octanol–water partition coefficient (Wildman–Crippen LogP) is 3.81. The van der Waals surface area contributed by atoms with Gasteiger partial charge in [-0.2, -0.15) is 4.31 Å². The van der Waals surface area contributed by atoms with Gasteiger partial charge >= 0.3 is 6.09 Å². The van der Waals surface area contributed by atoms with E-state index in [1.165, 1.54) is 36.2 Å². The lowest BCUT2D eigenvalue weighted by molar-refractivity contribution is -0.165. The monoisotopic (exact) mass is 666 g/mol. The van der Waals surface area contributed by atoms with Crippen molar-refractivity contribution >= 4 is 51.1 Å². The Morgan fingerprint density at radius 1 is 0.955 bits per heavy atom. The molecule has 3 amide bonds. The standard InChI is InChI=1S/C29H26Cl2F2N4O6S/c1-35-15-26-36(44(41,42)25-10-8-19(30)13-20(25)31)14-23(34-29(40)43-16-17-5-3-2-4-6-17)27(38)37(26)24(28(35)39)12-18-7-9-21(32)22(33)11-18/h2-11,13,23-24,26H,12,14-16H2,1H3,(H,34,40). The van der Waals surface area contributed by atoms with E-state index in [0.717, 1.165) is 21.3 Å². The number of benzene rings is 3. The van der Waals surface area contributed by atoms with Gasteiger partial charge in [-0.3, -0.25) is 9.59 Å². The molecule has 2 fully saturated rings. The van der Waals surface area contributed by atoms with E-state index in [0.29, 0.717) is 5.56 Å². The van der Waals surface area contributed by atoms with Crippen molar-refractivity contribution in [3.63, 3.8) is 0 Å². The molecule has 0 spiro atoms. The molecule has 2 heterocycles. The zero-order valence-corrected chi connectivity index (χ0v) is 25.5. The van der Waals surface area contributed by atoms with Crippen molar-refractivity contribution in [2.75, 3.05) is 20.1 Å². The number of alkyl carbamates (subject to hydrolysis) is 1. The molecule has 3 aromatic rings. The lowest BCUT2D eigenvalue weighted by Gasteiger charge is -2.52. The number of piperazine rings is 1. The van der Waals surface area contributed by atoms with Gasteiger partial charge in [-0.15, -0.1) is 0 Å². The molecule has 2 aliphatic rings. The number of rotatable bonds is 7. The molecule has 232 valence electrons. The maximum absolute atomic E-state index is 14.1. The van der Waals surface area contributed by atoms with E-state index in [1.54, 1.807) is 30.3 Å². The highest BCUT2D eigenvalue weighted by Gasteiger charge is 2.53. The first-order valence-electron chi connectivity index (χ1n) is 13.3. The van der Waals surface area contributed by atoms with Crippen LogP contribution in [0.1, 0.15) is 11.1 Å². The summed E-state index contributed by atoms with van der Waals surface area (Å²) < 4.78 is 62.1. The number of nitrogens with one attached hydrogen (secondary N) is 1. The number of amides is 3. The lowest BCUT2D eigenvalue weighted by atomic mass is 9.97. The average Bonchev–Trinajstić information content (AvgIpc) is 2.98. The minimum atomic E-state index is -4.47. The predicted molar refractivity (Wildman–Crippen MR) is 156 cm³/mol. The van der Waals surface area contributed by atoms with Crippen LogP contribution in [-0.2, 0) is 37.4 Å². The molecule has 2 saturated heterocycles. The van der Waals surface area contributed by atoms with E-state index in [-0.39, 0.29) is 40.1 Å². The van der Waals surface area contributed by atoms with Crippen molar-refractivity contribution in [3.8, 4) is 0 Å². The zero-order chi connectivity index (χ0) is 31.8. The summed E-state index contributed by atoms with van der Waals surface area (Å²) >= 11 is 12.3. The summed E-state index contributed by atoms with van der Waals surface area (Å²) in [6.07, 6.45) is -2.48. The summed E-state index contributed by atoms with van der Waals surface area (Å²) in [4.78, 5) is 42.2. The molecule has 3 aromatic carbocycles. The molecular weight excluding hydrogens is 641 g/mol. The number of fused-ring (bicyclic) bond motifs is 1. The van der Waals surface area contributed by atoms with Crippen LogP contribution < -0.4 is 5.32 Å². The number of sulfonamides is 1. The summed E-state index contributed by atoms with van der Waals surface area (Å²) in [7, 11) is -3.03. The number of carbonyl (C=O) groups excluding carboxylic acids is 3. The number of likely N-dealkylation sites (N-methyl/N-ethyl adjacent to an activating group) is 1. The van der Waals surface area contributed by atoms with Gasteiger partial charge in [0.2, 0.25) is 21.8 Å². The van der Waals surface area contributed by atoms with E-state index in [2.05, 4.69) is 5.32 Å². The number of ether oxygens (including phenoxy) is 1. The van der Waals surface area contributed by atoms with Gasteiger partial charge in [0, 0.05) is 25.0 Å². The third kappa shape index (κ3) is 6.36. The summed E-state index contributed by atoms with van der Waals surface area (Å²) in [6.45, 7) is -0.847. The number of nitrogens with zero attached hydrogens (tertiary/aromatic N) is 3. The highest BCUT2D eigenvalue weighted by atomic mass is 35.5. The molecule has 3 atom stereocenters. The minimum Gasteiger partial charge on any atom is -0.445 e. The van der Waals surface area contributed by atoms with E-state index in [9.17, 15) is 31.6 Å². The van der Waals surface area contributed by atoms with Gasteiger partial charge in [-0.05, 0) is 41.5 Å². The van der Waals surface area contributed by atoms with Crippen LogP contribution in [0.15, 0.2) is 71.6 Å². The Bertz CT molecular complexity index is 1720. The van der Waals surface area contributed by atoms with Gasteiger partial charge in [0.25, 0.3) is 0 Å². The quantitative estimate of drug-likeness (QED) is 0.410. The molecule has 15 heteroatoms. The molecule has 0 bridgehead atoms. The Morgan fingerprint density at radius 2 is 1.68 bits per heavy atom. The van der Waals surface area contributed by atoms with Crippen LogP contribution in [0.5, 0.6) is 0 Å². The molecule has 0 aliphatic carbocycles. The topological polar surface area (TPSA) is 116 Å². The van der Waals surface area contributed by atoms with Gasteiger partial charge in [0.1, 0.15) is 29.8 Å². The minimum absolute atomic E-state index is 0.121. The van der Waals surface area contributed by atoms with Gasteiger partial charge in [0.05, 0.1) is 11.6 Å². The maximum Gasteiger partial charge on any atom is 0.408 e. The van der Waals surface area contributed by atoms with Crippen LogP contribution >= 0.6 is 23.2 Å². The molecule has 0 radical (unpaired) electrons. The van der Waals surface area contributed by atoms with Crippen LogP contribution in [0.2, 0.25) is 10.0 Å². The second kappa shape index (κ2) is 12.7. The summed E-state index contributed by atoms with van der Waals surface area (Å²) in [6, 6.07) is 12.8. The summed E-state index contributed by atoms with van der Waals surface area (Å²) in [5, 5.41) is 2.45. The van der Waals surface area contributed by atoms with Crippen molar-refractivity contribution in [1.29, 1.82) is 0 Å². The summed E-state index contributed by atoms with van der Waals surface area (Å²) in [5.41, 5.74) is 0.868. The lowest BCUT2D eigenvalue weighted by Crippen LogP contribution is -2.75. The first-order chi connectivity index (χ1) is 20.9. The van der Waals surface area contributed by atoms with Crippen molar-refractivity contribution in [2.45, 2.75) is 36.2 Å². The van der Waals surface area contributed by atoms with Gasteiger partial charge in [-0.1, -0.05) is 59.6 Å². The van der Waals surface area contributed by atoms with Crippen molar-refractivity contribution in [1.82, 2.24) is 19.4 Å². The van der Waals surface area contributed by atoms with E-state index in [1.807, 2.05) is 0 Å². The Kier molecular flexibility index (Phi) is 9.12. The van der Waals surface area contributed by atoms with Crippen LogP contribution in [0.25, 0.3) is 0 Å². The molecule has 10 nitrogen and oxygen atoms in total. The van der Waals surface area contributed by atoms with Gasteiger partial charge in [-0.25, -0.2) is 22.0 Å². The molecule has 0 aromatic heterocycles. The van der Waals surface area contributed by atoms with E-state index in [4.69, 9.17) is 27.9 Å². The highest BCUT2D eigenvalue weighted by Crippen LogP contribution is 2.34. The first-order valence-corrected chi connectivity index (χ1v) is 15.5. The normalized spacial score (nSPS) is 20.8. The molecule has 0 saturated carbocycles. The fourth-order valence-electron chi connectivity index (χ4n) is 5.25. The van der Waals surface area contributed by atoms with Crippen molar-refractivity contribution in [2.24, 2.45) is 0 Å². The largest absolute Gasteiger partial charge is 0.445 e. The number of halogens is 4. The third-order valence-corrected chi connectivity index (χ3v) is 9.98. The Hall–Kier alpha value is -3.78. The van der Waals surface area contributed by atoms with Crippen LogP contribution in [0.3, 0.4) is 0 Å². The number of hydrogen-bond acceptors (Lipinski definition) is 6. The highest BCUT2D eigenvalue weighted by molar-refractivity contribution is 7.89. The number of carbonyl (C=O) groups is 3. The second-order valence-electron chi connectivity index (χ2n) is 10.3. The smallest absolute Gasteiger partial charge is 0.408 e. The number of hydrogen-bond donors (Lipinski definition) is 1. The summed E-state index contributed by atoms with van der Waals surface area (Å²) in [5.74, 6) is -3.56. The Morgan fingerprint density at radius 3 is 2.36 bits per heavy atom. The second-order valence-corrected chi connectivity index (χ2v) is 13.0. The fourth-order valence-corrected chi connectivity index (χ4v) is 7.59. The molecule has 5 rings (SSSR count). The SMILES string of the molecule is CN1CC2N(C(=O)C(NC(=O)OCc3ccccc3)CN2S(=O)(=O)c2ccc(Cl)cc2Cl)C(Cc2ccc(F)c(F)c2)C1=O. The van der Waals surface area contributed by atoms with Gasteiger partial charge < -0.3 is 19.9 Å². The Labute approximate surface area is 262 Å². The molecular formula is C29H26Cl2F2N4O6S. The Balaban J connectivity index is 1.51. The molecule has 2 aliphatic heterocycles. The molecule has 44 heavy (non-hydrogen) atoms. The van der Waals surface area contributed by atoms with Crippen LogP contribution in [0.4, 0.5) is 13.6 Å². The van der Waals surface area contributed by atoms with Crippen molar-refractivity contribution < 1.29 is 36.3 Å². The van der Waals surface area contributed by atoms with Crippen LogP contribution in [0, 0.1) is 11.6 Å². The first kappa shape index (κ1) is 31.6. The maximum atomic E-state index is 14.1. The fraction of sp³-hybridized carbons (Fsp3) is 0.276. The van der Waals surface area contributed by atoms with E-state index >= 15 is 0 Å². The van der Waals surface area contributed by atoms with Gasteiger partial charge in [0.15, 0.2) is 11.6 Å². The average molecular weight is 668 g/mol. The van der Waals surface area contributed by atoms with Crippen LogP contribution in [-0.4, -0.2) is 78.8 Å². The third-order valence-electron chi connectivity index (χ3n) is 7.40.